The van der Waals surface area contributed by atoms with Gasteiger partial charge < -0.3 is 10.2 Å². The summed E-state index contributed by atoms with van der Waals surface area (Å²) in [5, 5.41) is 3.40. The van der Waals surface area contributed by atoms with Gasteiger partial charge in [-0.25, -0.2) is 4.39 Å². The van der Waals surface area contributed by atoms with Crippen LogP contribution in [0.15, 0.2) is 48.7 Å². The SMILES string of the molecule is Cl.O=C(Cc1ccc(F)cc1)N(Cc1ccccn1)C1CCCNCC1. The van der Waals surface area contributed by atoms with Crippen molar-refractivity contribution < 1.29 is 9.18 Å². The maximum absolute atomic E-state index is 13.1. The Morgan fingerprint density at radius 1 is 1.15 bits per heavy atom. The van der Waals surface area contributed by atoms with Gasteiger partial charge in [-0.15, -0.1) is 12.4 Å². The third-order valence-electron chi connectivity index (χ3n) is 4.63. The predicted octanol–water partition coefficient (Wildman–Crippen LogP) is 3.36. The Morgan fingerprint density at radius 3 is 2.69 bits per heavy atom. The standard InChI is InChI=1S/C20H24FN3O.ClH/c21-17-8-6-16(7-9-17)14-20(25)24(15-18-4-1-2-12-23-18)19-5-3-11-22-13-10-19;/h1-2,4,6-9,12,19,22H,3,5,10-11,13-15H2;1H. The molecule has 1 saturated heterocycles. The van der Waals surface area contributed by atoms with E-state index in [0.717, 1.165) is 43.6 Å². The van der Waals surface area contributed by atoms with E-state index in [1.807, 2.05) is 23.1 Å². The Morgan fingerprint density at radius 2 is 1.96 bits per heavy atom. The highest BCUT2D eigenvalue weighted by atomic mass is 35.5. The minimum Gasteiger partial charge on any atom is -0.333 e. The number of carbonyl (C=O) groups excluding carboxylic acids is 1. The number of carbonyl (C=O) groups is 1. The van der Waals surface area contributed by atoms with Gasteiger partial charge in [0.05, 0.1) is 18.7 Å². The van der Waals surface area contributed by atoms with E-state index in [9.17, 15) is 9.18 Å². The molecule has 0 aliphatic carbocycles. The van der Waals surface area contributed by atoms with Crippen molar-refractivity contribution in [3.8, 4) is 0 Å². The van der Waals surface area contributed by atoms with Crippen molar-refractivity contribution in [2.75, 3.05) is 13.1 Å². The van der Waals surface area contributed by atoms with E-state index < -0.39 is 0 Å². The molecule has 1 unspecified atom stereocenters. The molecule has 140 valence electrons. The first-order valence-electron chi connectivity index (χ1n) is 8.87. The zero-order valence-corrected chi connectivity index (χ0v) is 15.6. The van der Waals surface area contributed by atoms with Crippen molar-refractivity contribution in [2.24, 2.45) is 0 Å². The second-order valence-electron chi connectivity index (χ2n) is 6.48. The Bertz CT molecular complexity index is 673. The van der Waals surface area contributed by atoms with Crippen LogP contribution in [-0.2, 0) is 17.8 Å². The number of halogens is 2. The van der Waals surface area contributed by atoms with E-state index in [2.05, 4.69) is 10.3 Å². The summed E-state index contributed by atoms with van der Waals surface area (Å²) in [6, 6.07) is 12.2. The Balaban J connectivity index is 0.00000243. The smallest absolute Gasteiger partial charge is 0.227 e. The largest absolute Gasteiger partial charge is 0.333 e. The minimum absolute atomic E-state index is 0. The van der Waals surface area contributed by atoms with E-state index in [-0.39, 0.29) is 36.6 Å². The highest BCUT2D eigenvalue weighted by molar-refractivity contribution is 5.85. The van der Waals surface area contributed by atoms with E-state index in [4.69, 9.17) is 0 Å². The molecule has 1 aromatic carbocycles. The van der Waals surface area contributed by atoms with Crippen LogP contribution in [0.4, 0.5) is 4.39 Å². The first kappa shape index (κ1) is 20.3. The lowest BCUT2D eigenvalue weighted by atomic mass is 10.0. The third kappa shape index (κ3) is 5.78. The lowest BCUT2D eigenvalue weighted by Crippen LogP contribution is -2.41. The summed E-state index contributed by atoms with van der Waals surface area (Å²) < 4.78 is 13.1. The van der Waals surface area contributed by atoms with Crippen LogP contribution in [0.1, 0.15) is 30.5 Å². The summed E-state index contributed by atoms with van der Waals surface area (Å²) in [6.45, 7) is 2.44. The van der Waals surface area contributed by atoms with E-state index in [1.54, 1.807) is 18.3 Å². The molecular weight excluding hydrogens is 353 g/mol. The van der Waals surface area contributed by atoms with Crippen LogP contribution >= 0.6 is 12.4 Å². The van der Waals surface area contributed by atoms with Crippen LogP contribution in [0, 0.1) is 5.82 Å². The van der Waals surface area contributed by atoms with Gasteiger partial charge in [0.2, 0.25) is 5.91 Å². The molecule has 4 nitrogen and oxygen atoms in total. The van der Waals surface area contributed by atoms with Gasteiger partial charge in [-0.2, -0.15) is 0 Å². The van der Waals surface area contributed by atoms with Crippen LogP contribution in [-0.4, -0.2) is 34.9 Å². The summed E-state index contributed by atoms with van der Waals surface area (Å²) in [7, 11) is 0. The van der Waals surface area contributed by atoms with Crippen LogP contribution in [0.2, 0.25) is 0 Å². The van der Waals surface area contributed by atoms with Crippen LogP contribution in [0.25, 0.3) is 0 Å². The molecule has 0 bridgehead atoms. The Hall–Kier alpha value is -1.98. The molecule has 2 aromatic rings. The van der Waals surface area contributed by atoms with Crippen LogP contribution < -0.4 is 5.32 Å². The van der Waals surface area contributed by atoms with E-state index in [1.165, 1.54) is 12.1 Å². The maximum Gasteiger partial charge on any atom is 0.227 e. The number of hydrogen-bond donors (Lipinski definition) is 1. The van der Waals surface area contributed by atoms with Crippen molar-refractivity contribution in [2.45, 2.75) is 38.3 Å². The molecule has 0 radical (unpaired) electrons. The van der Waals surface area contributed by atoms with Crippen molar-refractivity contribution >= 4 is 18.3 Å². The van der Waals surface area contributed by atoms with Gasteiger partial charge in [-0.3, -0.25) is 9.78 Å². The Labute approximate surface area is 160 Å². The monoisotopic (exact) mass is 377 g/mol. The number of hydrogen-bond acceptors (Lipinski definition) is 3. The molecule has 1 aliphatic heterocycles. The van der Waals surface area contributed by atoms with Gasteiger partial charge in [0.25, 0.3) is 0 Å². The first-order chi connectivity index (χ1) is 12.2. The molecule has 1 atom stereocenters. The minimum atomic E-state index is -0.281. The molecule has 3 rings (SSSR count). The third-order valence-corrected chi connectivity index (χ3v) is 4.63. The Kier molecular flexibility index (Phi) is 8.01. The topological polar surface area (TPSA) is 45.2 Å². The molecule has 1 amide bonds. The molecule has 1 aliphatic rings. The average molecular weight is 378 g/mol. The van der Waals surface area contributed by atoms with Gasteiger partial charge in [-0.05, 0) is 62.2 Å². The number of pyridine rings is 1. The average Bonchev–Trinajstić information content (AvgIpc) is 2.92. The van der Waals surface area contributed by atoms with Crippen molar-refractivity contribution in [3.05, 3.63) is 65.7 Å². The van der Waals surface area contributed by atoms with Gasteiger partial charge in [0.15, 0.2) is 0 Å². The highest BCUT2D eigenvalue weighted by Gasteiger charge is 2.25. The summed E-state index contributed by atoms with van der Waals surface area (Å²) in [5.41, 5.74) is 1.73. The van der Waals surface area contributed by atoms with Crippen LogP contribution in [0.3, 0.4) is 0 Å². The maximum atomic E-state index is 13.1. The van der Waals surface area contributed by atoms with Crippen molar-refractivity contribution in [3.63, 3.8) is 0 Å². The summed E-state index contributed by atoms with van der Waals surface area (Å²) in [4.78, 5) is 19.3. The van der Waals surface area contributed by atoms with Gasteiger partial charge in [0.1, 0.15) is 5.82 Å². The quantitative estimate of drug-likeness (QED) is 0.869. The van der Waals surface area contributed by atoms with Gasteiger partial charge in [0, 0.05) is 12.2 Å². The van der Waals surface area contributed by atoms with E-state index >= 15 is 0 Å². The first-order valence-corrected chi connectivity index (χ1v) is 8.87. The zero-order valence-electron chi connectivity index (χ0n) is 14.7. The summed E-state index contributed by atoms with van der Waals surface area (Å²) in [5.74, 6) is -0.208. The molecule has 1 N–H and O–H groups in total. The normalized spacial score (nSPS) is 17.0. The highest BCUT2D eigenvalue weighted by Crippen LogP contribution is 2.18. The molecule has 0 spiro atoms. The second kappa shape index (κ2) is 10.2. The lowest BCUT2D eigenvalue weighted by Gasteiger charge is -2.31. The van der Waals surface area contributed by atoms with E-state index in [0.29, 0.717) is 6.54 Å². The second-order valence-corrected chi connectivity index (χ2v) is 6.48. The zero-order chi connectivity index (χ0) is 17.5. The molecule has 1 aromatic heterocycles. The predicted molar refractivity (Wildman–Crippen MR) is 103 cm³/mol. The van der Waals surface area contributed by atoms with Crippen molar-refractivity contribution in [1.29, 1.82) is 0 Å². The van der Waals surface area contributed by atoms with Crippen LogP contribution in [0.5, 0.6) is 0 Å². The molecule has 1 fully saturated rings. The fraction of sp³-hybridized carbons (Fsp3) is 0.400. The fourth-order valence-electron chi connectivity index (χ4n) is 3.28. The lowest BCUT2D eigenvalue weighted by molar-refractivity contribution is -0.133. The number of amides is 1. The molecule has 26 heavy (non-hydrogen) atoms. The summed E-state index contributed by atoms with van der Waals surface area (Å²) in [6.07, 6.45) is 5.05. The number of aromatic nitrogens is 1. The van der Waals surface area contributed by atoms with Gasteiger partial charge >= 0.3 is 0 Å². The molecule has 0 saturated carbocycles. The van der Waals surface area contributed by atoms with Crippen molar-refractivity contribution in [1.82, 2.24) is 15.2 Å². The number of benzene rings is 1. The number of nitrogens with one attached hydrogen (secondary N) is 1. The number of nitrogens with zero attached hydrogens (tertiary/aromatic N) is 2. The number of rotatable bonds is 5. The molecular formula is C20H25ClFN3O. The molecule has 2 heterocycles. The van der Waals surface area contributed by atoms with Gasteiger partial charge in [-0.1, -0.05) is 18.2 Å². The summed E-state index contributed by atoms with van der Waals surface area (Å²) >= 11 is 0. The fourth-order valence-corrected chi connectivity index (χ4v) is 3.28. The molecule has 6 heteroatoms.